The van der Waals surface area contributed by atoms with Crippen molar-refractivity contribution in [2.45, 2.75) is 39.3 Å². The predicted molar refractivity (Wildman–Crippen MR) is 80.6 cm³/mol. The molecule has 0 aliphatic carbocycles. The van der Waals surface area contributed by atoms with Crippen LogP contribution in [-0.4, -0.2) is 30.2 Å². The van der Waals surface area contributed by atoms with Gasteiger partial charge in [0.2, 0.25) is 11.8 Å². The van der Waals surface area contributed by atoms with E-state index in [0.29, 0.717) is 6.42 Å². The molecule has 2 atom stereocenters. The lowest BCUT2D eigenvalue weighted by molar-refractivity contribution is -0.130. The quantitative estimate of drug-likeness (QED) is 0.738. The number of hydrogen-bond donors (Lipinski definition) is 2. The molecule has 1 aromatic carbocycles. The van der Waals surface area contributed by atoms with Gasteiger partial charge >= 0.3 is 0 Å². The zero-order chi connectivity index (χ0) is 15.8. The van der Waals surface area contributed by atoms with E-state index in [1.165, 1.54) is 6.92 Å². The molecule has 1 aromatic rings. The first-order chi connectivity index (χ1) is 9.93. The maximum absolute atomic E-state index is 12.2. The molecule has 114 valence electrons. The molecule has 0 unspecified atom stereocenters. The smallest absolute Gasteiger partial charge is 0.243 e. The number of amides is 2. The Kier molecular flexibility index (Phi) is 6.59. The fourth-order valence-corrected chi connectivity index (χ4v) is 2.03. The van der Waals surface area contributed by atoms with Gasteiger partial charge in [0.25, 0.3) is 0 Å². The summed E-state index contributed by atoms with van der Waals surface area (Å²) in [5, 5.41) is 5.29. The molecule has 0 radical (unpaired) electrons. The summed E-state index contributed by atoms with van der Waals surface area (Å²) < 4.78 is 0. The Hall–Kier alpha value is -2.17. The molecule has 0 spiro atoms. The second-order valence-corrected chi connectivity index (χ2v) is 5.36. The van der Waals surface area contributed by atoms with Crippen molar-refractivity contribution in [3.8, 4) is 0 Å². The Morgan fingerprint density at radius 3 is 2.24 bits per heavy atom. The molecule has 21 heavy (non-hydrogen) atoms. The van der Waals surface area contributed by atoms with Gasteiger partial charge in [0.15, 0.2) is 0 Å². The molecule has 0 aliphatic rings. The van der Waals surface area contributed by atoms with Crippen LogP contribution in [0.4, 0.5) is 0 Å². The van der Waals surface area contributed by atoms with Crippen molar-refractivity contribution in [3.63, 3.8) is 0 Å². The van der Waals surface area contributed by atoms with E-state index >= 15 is 0 Å². The van der Waals surface area contributed by atoms with Gasteiger partial charge in [-0.3, -0.25) is 9.59 Å². The summed E-state index contributed by atoms with van der Waals surface area (Å²) in [4.78, 5) is 34.5. The Labute approximate surface area is 125 Å². The zero-order valence-corrected chi connectivity index (χ0v) is 12.6. The highest BCUT2D eigenvalue weighted by atomic mass is 16.2. The molecule has 0 fully saturated rings. The Morgan fingerprint density at radius 1 is 1.14 bits per heavy atom. The molecule has 0 aromatic heterocycles. The summed E-state index contributed by atoms with van der Waals surface area (Å²) in [6, 6.07) is 8.22. The van der Waals surface area contributed by atoms with Gasteiger partial charge in [-0.25, -0.2) is 0 Å². The number of aldehydes is 1. The van der Waals surface area contributed by atoms with E-state index < -0.39 is 12.1 Å². The van der Waals surface area contributed by atoms with Gasteiger partial charge in [-0.05, 0) is 17.9 Å². The molecule has 0 bridgehead atoms. The Morgan fingerprint density at radius 2 is 1.76 bits per heavy atom. The lowest BCUT2D eigenvalue weighted by Crippen LogP contribution is -2.52. The van der Waals surface area contributed by atoms with Crippen LogP contribution >= 0.6 is 0 Å². The fraction of sp³-hybridized carbons (Fsp3) is 0.438. The minimum Gasteiger partial charge on any atom is -0.344 e. The molecule has 2 N–H and O–H groups in total. The van der Waals surface area contributed by atoms with Crippen LogP contribution in [0.2, 0.25) is 0 Å². The maximum atomic E-state index is 12.2. The molecule has 1 rings (SSSR count). The van der Waals surface area contributed by atoms with Gasteiger partial charge in [-0.2, -0.15) is 0 Å². The molecule has 0 saturated carbocycles. The van der Waals surface area contributed by atoms with Crippen molar-refractivity contribution in [2.24, 2.45) is 5.92 Å². The van der Waals surface area contributed by atoms with Crippen LogP contribution in [0.15, 0.2) is 30.3 Å². The first-order valence-electron chi connectivity index (χ1n) is 7.00. The monoisotopic (exact) mass is 290 g/mol. The summed E-state index contributed by atoms with van der Waals surface area (Å²) in [6.07, 6.45) is 1.15. The molecule has 0 heterocycles. The van der Waals surface area contributed by atoms with E-state index in [1.54, 1.807) is 0 Å². The number of hydrogen-bond acceptors (Lipinski definition) is 3. The van der Waals surface area contributed by atoms with Crippen molar-refractivity contribution in [1.82, 2.24) is 10.6 Å². The highest BCUT2D eigenvalue weighted by Gasteiger charge is 2.25. The fourth-order valence-electron chi connectivity index (χ4n) is 2.03. The molecular weight excluding hydrogens is 268 g/mol. The number of rotatable bonds is 7. The summed E-state index contributed by atoms with van der Waals surface area (Å²) in [7, 11) is 0. The summed E-state index contributed by atoms with van der Waals surface area (Å²) in [6.45, 7) is 5.05. The number of carbonyl (C=O) groups is 3. The van der Waals surface area contributed by atoms with Crippen LogP contribution < -0.4 is 10.6 Å². The van der Waals surface area contributed by atoms with Crippen molar-refractivity contribution in [1.29, 1.82) is 0 Å². The van der Waals surface area contributed by atoms with Crippen molar-refractivity contribution in [2.75, 3.05) is 0 Å². The van der Waals surface area contributed by atoms with E-state index in [9.17, 15) is 14.4 Å². The molecular formula is C16H22N2O3. The lowest BCUT2D eigenvalue weighted by atomic mass is 10.0. The number of carbonyl (C=O) groups excluding carboxylic acids is 3. The molecule has 2 amide bonds. The minimum atomic E-state index is -0.638. The summed E-state index contributed by atoms with van der Waals surface area (Å²) >= 11 is 0. The second kappa shape index (κ2) is 8.19. The molecule has 5 nitrogen and oxygen atoms in total. The highest BCUT2D eigenvalue weighted by Crippen LogP contribution is 2.05. The Bertz CT molecular complexity index is 486. The van der Waals surface area contributed by atoms with Crippen LogP contribution in [-0.2, 0) is 20.8 Å². The molecule has 0 aliphatic heterocycles. The van der Waals surface area contributed by atoms with Gasteiger partial charge < -0.3 is 15.4 Å². The van der Waals surface area contributed by atoms with Gasteiger partial charge in [-0.1, -0.05) is 44.2 Å². The topological polar surface area (TPSA) is 75.3 Å². The number of benzene rings is 1. The van der Waals surface area contributed by atoms with Crippen LogP contribution in [0.3, 0.4) is 0 Å². The van der Waals surface area contributed by atoms with E-state index in [2.05, 4.69) is 10.6 Å². The molecule has 5 heteroatoms. The van der Waals surface area contributed by atoms with Crippen LogP contribution in [0.1, 0.15) is 26.3 Å². The largest absolute Gasteiger partial charge is 0.344 e. The average Bonchev–Trinajstić information content (AvgIpc) is 2.44. The third-order valence-electron chi connectivity index (χ3n) is 3.10. The lowest BCUT2D eigenvalue weighted by Gasteiger charge is -2.23. The normalized spacial score (nSPS) is 13.3. The van der Waals surface area contributed by atoms with Crippen LogP contribution in [0.25, 0.3) is 0 Å². The van der Waals surface area contributed by atoms with Crippen molar-refractivity contribution >= 4 is 18.1 Å². The third kappa shape index (κ3) is 5.77. The van der Waals surface area contributed by atoms with Gasteiger partial charge in [-0.15, -0.1) is 0 Å². The number of nitrogens with one attached hydrogen (secondary N) is 2. The van der Waals surface area contributed by atoms with Crippen LogP contribution in [0.5, 0.6) is 0 Å². The van der Waals surface area contributed by atoms with E-state index in [-0.39, 0.29) is 17.7 Å². The van der Waals surface area contributed by atoms with Gasteiger partial charge in [0, 0.05) is 6.92 Å². The predicted octanol–water partition coefficient (Wildman–Crippen LogP) is 1.07. The van der Waals surface area contributed by atoms with E-state index in [0.717, 1.165) is 11.8 Å². The first kappa shape index (κ1) is 16.9. The van der Waals surface area contributed by atoms with Crippen molar-refractivity contribution < 1.29 is 14.4 Å². The standard InChI is InChI=1S/C16H22N2O3/c1-11(2)15(17-12(3)20)16(21)18-14(10-19)9-13-7-5-4-6-8-13/h4-8,10-11,14-15H,9H2,1-3H3,(H,17,20)(H,18,21)/t14-,15-/m0/s1. The zero-order valence-electron chi connectivity index (χ0n) is 12.6. The highest BCUT2D eigenvalue weighted by molar-refractivity contribution is 5.88. The minimum absolute atomic E-state index is 0.0575. The van der Waals surface area contributed by atoms with Crippen molar-refractivity contribution in [3.05, 3.63) is 35.9 Å². The van der Waals surface area contributed by atoms with E-state index in [1.807, 2.05) is 44.2 Å². The van der Waals surface area contributed by atoms with Gasteiger partial charge in [0.1, 0.15) is 12.3 Å². The summed E-state index contributed by atoms with van der Waals surface area (Å²) in [5.41, 5.74) is 0.968. The third-order valence-corrected chi connectivity index (χ3v) is 3.10. The summed E-state index contributed by atoms with van der Waals surface area (Å²) in [5.74, 6) is -0.666. The SMILES string of the molecule is CC(=O)N[C@H](C(=O)N[C@H](C=O)Cc1ccccc1)C(C)C. The second-order valence-electron chi connectivity index (χ2n) is 5.36. The average molecular weight is 290 g/mol. The molecule has 0 saturated heterocycles. The van der Waals surface area contributed by atoms with Crippen LogP contribution in [0, 0.1) is 5.92 Å². The first-order valence-corrected chi connectivity index (χ1v) is 7.00. The Balaban J connectivity index is 2.68. The maximum Gasteiger partial charge on any atom is 0.243 e. The van der Waals surface area contributed by atoms with E-state index in [4.69, 9.17) is 0 Å². The van der Waals surface area contributed by atoms with Gasteiger partial charge in [0.05, 0.1) is 6.04 Å².